The first kappa shape index (κ1) is 14.4. The molecule has 0 aliphatic carbocycles. The third-order valence-corrected chi connectivity index (χ3v) is 3.63. The normalized spacial score (nSPS) is 10.7. The van der Waals surface area contributed by atoms with Gasteiger partial charge in [-0.15, -0.1) is 0 Å². The lowest BCUT2D eigenvalue weighted by Gasteiger charge is -2.14. The van der Waals surface area contributed by atoms with E-state index in [-0.39, 0.29) is 16.7 Å². The Morgan fingerprint density at radius 2 is 2.40 bits per heavy atom. The van der Waals surface area contributed by atoms with Crippen LogP contribution >= 0.6 is 11.8 Å². The van der Waals surface area contributed by atoms with Crippen LogP contribution in [0.4, 0.5) is 5.95 Å². The van der Waals surface area contributed by atoms with Crippen molar-refractivity contribution in [3.8, 4) is 0 Å². The fourth-order valence-corrected chi connectivity index (χ4v) is 2.62. The van der Waals surface area contributed by atoms with Gasteiger partial charge in [0.15, 0.2) is 5.17 Å². The summed E-state index contributed by atoms with van der Waals surface area (Å²) in [6.07, 6.45) is 4.77. The van der Waals surface area contributed by atoms with Crippen molar-refractivity contribution in [1.82, 2.24) is 9.55 Å². The molecular weight excluding hydrogens is 276 g/mol. The van der Waals surface area contributed by atoms with E-state index >= 15 is 0 Å². The third kappa shape index (κ3) is 3.30. The number of furan rings is 1. The molecule has 0 atom stereocenters. The quantitative estimate of drug-likeness (QED) is 0.664. The average Bonchev–Trinajstić information content (AvgIpc) is 2.89. The summed E-state index contributed by atoms with van der Waals surface area (Å²) < 4.78 is 6.51. The first-order valence-corrected chi connectivity index (χ1v) is 7.21. The van der Waals surface area contributed by atoms with E-state index in [0.717, 1.165) is 17.7 Å². The Morgan fingerprint density at radius 3 is 3.05 bits per heavy atom. The van der Waals surface area contributed by atoms with Gasteiger partial charge in [-0.25, -0.2) is 0 Å². The lowest BCUT2D eigenvalue weighted by molar-refractivity contribution is 0.565. The summed E-state index contributed by atoms with van der Waals surface area (Å²) in [4.78, 5) is 15.1. The van der Waals surface area contributed by atoms with Gasteiger partial charge >= 0.3 is 0 Å². The van der Waals surface area contributed by atoms with Gasteiger partial charge in [0.2, 0.25) is 5.95 Å². The summed E-state index contributed by atoms with van der Waals surface area (Å²) in [5.41, 5.74) is 7.12. The van der Waals surface area contributed by atoms with Gasteiger partial charge in [0.1, 0.15) is 0 Å². The number of hydrogen-bond acceptors (Lipinski definition) is 6. The lowest BCUT2D eigenvalue weighted by Crippen LogP contribution is -2.23. The van der Waals surface area contributed by atoms with Gasteiger partial charge in [-0.1, -0.05) is 25.1 Å². The van der Waals surface area contributed by atoms with Crippen LogP contribution in [0.5, 0.6) is 0 Å². The second-order valence-electron chi connectivity index (χ2n) is 4.25. The van der Waals surface area contributed by atoms with Crippen LogP contribution in [-0.4, -0.2) is 14.7 Å². The van der Waals surface area contributed by atoms with Crippen molar-refractivity contribution in [3.05, 3.63) is 46.3 Å². The topological polar surface area (TPSA) is 97.9 Å². The fraction of sp³-hybridized carbons (Fsp3) is 0.308. The Hall–Kier alpha value is -2.02. The van der Waals surface area contributed by atoms with Crippen LogP contribution in [0.2, 0.25) is 0 Å². The van der Waals surface area contributed by atoms with Gasteiger partial charge in [-0.2, -0.15) is 4.98 Å². The van der Waals surface area contributed by atoms with E-state index in [1.54, 1.807) is 12.5 Å². The number of aromatic nitrogens is 2. The van der Waals surface area contributed by atoms with Gasteiger partial charge in [-0.05, 0) is 12.5 Å². The van der Waals surface area contributed by atoms with Crippen molar-refractivity contribution in [2.45, 2.75) is 25.5 Å². The minimum Gasteiger partial charge on any atom is -0.472 e. The molecular formula is C13H16N4O2S. The maximum Gasteiger partial charge on any atom is 0.274 e. The molecule has 106 valence electrons. The zero-order chi connectivity index (χ0) is 14.5. The molecule has 0 aliphatic rings. The fourth-order valence-electron chi connectivity index (χ4n) is 1.81. The predicted octanol–water partition coefficient (Wildman–Crippen LogP) is 2.09. The maximum atomic E-state index is 11.4. The molecule has 3 N–H and O–H groups in total. The van der Waals surface area contributed by atoms with Crippen molar-refractivity contribution >= 4 is 22.9 Å². The molecule has 20 heavy (non-hydrogen) atoms. The number of thioether (sulfide) groups is 1. The minimum atomic E-state index is -0.366. The molecule has 2 aromatic heterocycles. The summed E-state index contributed by atoms with van der Waals surface area (Å²) >= 11 is 1.31. The Kier molecular flexibility index (Phi) is 4.62. The van der Waals surface area contributed by atoms with Crippen molar-refractivity contribution < 1.29 is 4.42 Å². The Labute approximate surface area is 120 Å². The molecule has 0 amide bonds. The van der Waals surface area contributed by atoms with Gasteiger partial charge in [0.05, 0.1) is 12.5 Å². The second-order valence-corrected chi connectivity index (χ2v) is 5.22. The standard InChI is InChI=1S/C13H16N4O2S/c1-2-3-10-6-11(18)16-12(14)17(10)13(15)20-8-9-4-5-19-7-9/h4-7,15H,2-3,8H2,1H3,(H2,14,16,18). The summed E-state index contributed by atoms with van der Waals surface area (Å²) in [5, 5.41) is 8.39. The smallest absolute Gasteiger partial charge is 0.274 e. The van der Waals surface area contributed by atoms with Crippen LogP contribution in [0.25, 0.3) is 0 Å². The highest BCUT2D eigenvalue weighted by Crippen LogP contribution is 2.17. The number of hydrogen-bond donors (Lipinski definition) is 2. The molecule has 0 aliphatic heterocycles. The van der Waals surface area contributed by atoms with E-state index < -0.39 is 0 Å². The molecule has 0 radical (unpaired) electrons. The Morgan fingerprint density at radius 1 is 1.60 bits per heavy atom. The van der Waals surface area contributed by atoms with E-state index in [0.29, 0.717) is 12.2 Å². The van der Waals surface area contributed by atoms with Crippen LogP contribution in [0.1, 0.15) is 24.6 Å². The van der Waals surface area contributed by atoms with Crippen LogP contribution < -0.4 is 11.3 Å². The highest BCUT2D eigenvalue weighted by Gasteiger charge is 2.12. The predicted molar refractivity (Wildman–Crippen MR) is 80.0 cm³/mol. The first-order chi connectivity index (χ1) is 9.61. The molecule has 0 fully saturated rings. The zero-order valence-electron chi connectivity index (χ0n) is 11.1. The molecule has 0 saturated heterocycles. The van der Waals surface area contributed by atoms with E-state index in [1.165, 1.54) is 22.4 Å². The Bertz CT molecular complexity index is 649. The molecule has 2 heterocycles. The van der Waals surface area contributed by atoms with Crippen molar-refractivity contribution in [3.63, 3.8) is 0 Å². The number of nitrogens with two attached hydrogens (primary N) is 1. The van der Waals surface area contributed by atoms with Crippen LogP contribution in [-0.2, 0) is 12.2 Å². The number of nitrogen functional groups attached to an aromatic ring is 1. The third-order valence-electron chi connectivity index (χ3n) is 2.70. The van der Waals surface area contributed by atoms with E-state index in [2.05, 4.69) is 4.98 Å². The molecule has 7 heteroatoms. The average molecular weight is 292 g/mol. The molecule has 0 saturated carbocycles. The van der Waals surface area contributed by atoms with Crippen LogP contribution in [0, 0.1) is 5.41 Å². The van der Waals surface area contributed by atoms with Crippen molar-refractivity contribution in [1.29, 1.82) is 5.41 Å². The van der Waals surface area contributed by atoms with Gasteiger partial charge in [0, 0.05) is 23.1 Å². The Balaban J connectivity index is 2.22. The summed E-state index contributed by atoms with van der Waals surface area (Å²) in [6.45, 7) is 2.01. The number of anilines is 1. The molecule has 0 aromatic carbocycles. The maximum absolute atomic E-state index is 11.4. The molecule has 0 unspecified atom stereocenters. The first-order valence-electron chi connectivity index (χ1n) is 6.23. The zero-order valence-corrected chi connectivity index (χ0v) is 11.9. The highest BCUT2D eigenvalue weighted by molar-refractivity contribution is 8.13. The van der Waals surface area contributed by atoms with Crippen molar-refractivity contribution in [2.75, 3.05) is 5.73 Å². The highest BCUT2D eigenvalue weighted by atomic mass is 32.2. The SMILES string of the molecule is CCCc1cc(=O)nc(N)n1C(=N)SCc1ccoc1. The van der Waals surface area contributed by atoms with Crippen LogP contribution in [0.15, 0.2) is 33.9 Å². The molecule has 2 rings (SSSR count). The van der Waals surface area contributed by atoms with E-state index in [4.69, 9.17) is 15.6 Å². The summed E-state index contributed by atoms with van der Waals surface area (Å²) in [6, 6.07) is 3.28. The number of rotatable bonds is 4. The number of nitrogens with zero attached hydrogens (tertiary/aromatic N) is 2. The van der Waals surface area contributed by atoms with Crippen molar-refractivity contribution in [2.24, 2.45) is 0 Å². The summed E-state index contributed by atoms with van der Waals surface area (Å²) in [5.74, 6) is 0.664. The molecule has 0 spiro atoms. The monoisotopic (exact) mass is 292 g/mol. The van der Waals surface area contributed by atoms with Gasteiger partial charge in [-0.3, -0.25) is 14.8 Å². The number of aryl methyl sites for hydroxylation is 1. The molecule has 0 bridgehead atoms. The minimum absolute atomic E-state index is 0.0608. The van der Waals surface area contributed by atoms with Crippen LogP contribution in [0.3, 0.4) is 0 Å². The van der Waals surface area contributed by atoms with Gasteiger partial charge < -0.3 is 10.2 Å². The lowest BCUT2D eigenvalue weighted by atomic mass is 10.2. The number of nitrogens with one attached hydrogen (secondary N) is 1. The summed E-state index contributed by atoms with van der Waals surface area (Å²) in [7, 11) is 0. The second kappa shape index (κ2) is 6.42. The largest absolute Gasteiger partial charge is 0.472 e. The van der Waals surface area contributed by atoms with E-state index in [9.17, 15) is 4.79 Å². The van der Waals surface area contributed by atoms with Gasteiger partial charge in [0.25, 0.3) is 5.56 Å². The molecule has 6 nitrogen and oxygen atoms in total. The van der Waals surface area contributed by atoms with E-state index in [1.807, 2.05) is 13.0 Å². The molecule has 2 aromatic rings.